The fourth-order valence-electron chi connectivity index (χ4n) is 2.04. The van der Waals surface area contributed by atoms with E-state index in [1.807, 2.05) is 18.4 Å². The van der Waals surface area contributed by atoms with Crippen molar-refractivity contribution in [2.45, 2.75) is 25.3 Å². The molecule has 0 amide bonds. The van der Waals surface area contributed by atoms with Crippen LogP contribution in [-0.4, -0.2) is 5.54 Å². The number of nitrogens with two attached hydrogens (primary N) is 1. The van der Waals surface area contributed by atoms with Gasteiger partial charge in [0.1, 0.15) is 5.82 Å². The van der Waals surface area contributed by atoms with E-state index in [4.69, 9.17) is 5.73 Å². The van der Waals surface area contributed by atoms with Crippen molar-refractivity contribution >= 4 is 11.3 Å². The summed E-state index contributed by atoms with van der Waals surface area (Å²) in [5.74, 6) is -0.200. The average molecular weight is 249 g/mol. The van der Waals surface area contributed by atoms with Crippen LogP contribution in [0, 0.1) is 5.82 Å². The molecular formula is C14H16FNS. The summed E-state index contributed by atoms with van der Waals surface area (Å²) in [6.45, 7) is 2.01. The van der Waals surface area contributed by atoms with Gasteiger partial charge >= 0.3 is 0 Å². The third-order valence-corrected chi connectivity index (χ3v) is 3.42. The Morgan fingerprint density at radius 2 is 2.00 bits per heavy atom. The lowest BCUT2D eigenvalue weighted by atomic mass is 9.88. The van der Waals surface area contributed by atoms with Crippen molar-refractivity contribution < 1.29 is 4.39 Å². The molecule has 0 spiro atoms. The van der Waals surface area contributed by atoms with Crippen LogP contribution in [-0.2, 0) is 12.8 Å². The standard InChI is InChI=1S/C14H16FNS/c1-14(16,9-12-5-6-17-10-12)8-11-3-2-4-13(15)7-11/h2-7,10H,8-9,16H2,1H3. The number of rotatable bonds is 4. The smallest absolute Gasteiger partial charge is 0.123 e. The van der Waals surface area contributed by atoms with Crippen molar-refractivity contribution in [2.24, 2.45) is 5.73 Å². The van der Waals surface area contributed by atoms with E-state index >= 15 is 0 Å². The third-order valence-electron chi connectivity index (χ3n) is 2.69. The van der Waals surface area contributed by atoms with Crippen molar-refractivity contribution in [3.63, 3.8) is 0 Å². The second kappa shape index (κ2) is 4.98. The number of hydrogen-bond acceptors (Lipinski definition) is 2. The molecule has 0 aliphatic carbocycles. The van der Waals surface area contributed by atoms with Crippen LogP contribution in [0.3, 0.4) is 0 Å². The molecule has 1 aromatic carbocycles. The Morgan fingerprint density at radius 3 is 2.65 bits per heavy atom. The van der Waals surface area contributed by atoms with Crippen molar-refractivity contribution in [3.8, 4) is 0 Å². The summed E-state index contributed by atoms with van der Waals surface area (Å²) < 4.78 is 13.1. The molecule has 0 aliphatic heterocycles. The Kier molecular flexibility index (Phi) is 3.60. The fourth-order valence-corrected chi connectivity index (χ4v) is 2.70. The number of hydrogen-bond donors (Lipinski definition) is 1. The lowest BCUT2D eigenvalue weighted by Crippen LogP contribution is -2.40. The van der Waals surface area contributed by atoms with E-state index in [1.54, 1.807) is 23.5 Å². The molecule has 1 nitrogen and oxygen atoms in total. The second-order valence-electron chi connectivity index (χ2n) is 4.77. The van der Waals surface area contributed by atoms with E-state index in [0.29, 0.717) is 6.42 Å². The highest BCUT2D eigenvalue weighted by Crippen LogP contribution is 2.18. The lowest BCUT2D eigenvalue weighted by molar-refractivity contribution is 0.462. The van der Waals surface area contributed by atoms with Gasteiger partial charge in [-0.15, -0.1) is 0 Å². The van der Waals surface area contributed by atoms with Gasteiger partial charge in [0.2, 0.25) is 0 Å². The van der Waals surface area contributed by atoms with E-state index in [0.717, 1.165) is 12.0 Å². The first-order chi connectivity index (χ1) is 8.05. The number of benzene rings is 1. The highest BCUT2D eigenvalue weighted by molar-refractivity contribution is 7.07. The first-order valence-electron chi connectivity index (χ1n) is 5.60. The van der Waals surface area contributed by atoms with Gasteiger partial charge in [-0.3, -0.25) is 0 Å². The topological polar surface area (TPSA) is 26.0 Å². The van der Waals surface area contributed by atoms with Gasteiger partial charge in [0.25, 0.3) is 0 Å². The first kappa shape index (κ1) is 12.3. The highest BCUT2D eigenvalue weighted by Gasteiger charge is 2.20. The van der Waals surface area contributed by atoms with Gasteiger partial charge in [0.15, 0.2) is 0 Å². The Hall–Kier alpha value is -1.19. The molecule has 3 heteroatoms. The fraction of sp³-hybridized carbons (Fsp3) is 0.286. The SMILES string of the molecule is CC(N)(Cc1ccsc1)Cc1cccc(F)c1. The van der Waals surface area contributed by atoms with Crippen LogP contribution in [0.1, 0.15) is 18.1 Å². The van der Waals surface area contributed by atoms with Crippen molar-refractivity contribution in [2.75, 3.05) is 0 Å². The van der Waals surface area contributed by atoms with Crippen LogP contribution < -0.4 is 5.73 Å². The largest absolute Gasteiger partial charge is 0.325 e. The summed E-state index contributed by atoms with van der Waals surface area (Å²) in [6.07, 6.45) is 1.49. The van der Waals surface area contributed by atoms with E-state index in [-0.39, 0.29) is 11.4 Å². The van der Waals surface area contributed by atoms with Gasteiger partial charge in [-0.25, -0.2) is 4.39 Å². The summed E-state index contributed by atoms with van der Waals surface area (Å²) >= 11 is 1.67. The quantitative estimate of drug-likeness (QED) is 0.883. The molecule has 90 valence electrons. The minimum Gasteiger partial charge on any atom is -0.325 e. The van der Waals surface area contributed by atoms with Crippen LogP contribution >= 0.6 is 11.3 Å². The van der Waals surface area contributed by atoms with Crippen LogP contribution in [0.5, 0.6) is 0 Å². The van der Waals surface area contributed by atoms with Crippen molar-refractivity contribution in [1.29, 1.82) is 0 Å². The molecule has 0 saturated carbocycles. The normalized spacial score (nSPS) is 14.5. The molecule has 0 aliphatic rings. The Labute approximate surface area is 105 Å². The van der Waals surface area contributed by atoms with Crippen LogP contribution in [0.25, 0.3) is 0 Å². The Morgan fingerprint density at radius 1 is 1.24 bits per heavy atom. The minimum atomic E-state index is -0.338. The third kappa shape index (κ3) is 3.65. The maximum Gasteiger partial charge on any atom is 0.123 e. The maximum atomic E-state index is 13.1. The summed E-state index contributed by atoms with van der Waals surface area (Å²) in [4.78, 5) is 0. The zero-order chi connectivity index (χ0) is 12.3. The summed E-state index contributed by atoms with van der Waals surface area (Å²) in [5, 5.41) is 4.16. The predicted octanol–water partition coefficient (Wildman–Crippen LogP) is 3.39. The van der Waals surface area contributed by atoms with Gasteiger partial charge in [0, 0.05) is 5.54 Å². The predicted molar refractivity (Wildman–Crippen MR) is 70.7 cm³/mol. The number of halogens is 1. The average Bonchev–Trinajstić information content (AvgIpc) is 2.68. The molecule has 1 unspecified atom stereocenters. The van der Waals surface area contributed by atoms with Gasteiger partial charge < -0.3 is 5.73 Å². The van der Waals surface area contributed by atoms with Gasteiger partial charge in [-0.05, 0) is 59.9 Å². The van der Waals surface area contributed by atoms with Gasteiger partial charge in [0.05, 0.1) is 0 Å². The molecule has 17 heavy (non-hydrogen) atoms. The summed E-state index contributed by atoms with van der Waals surface area (Å²) in [5.41, 5.74) is 8.13. The molecule has 0 saturated heterocycles. The van der Waals surface area contributed by atoms with E-state index in [2.05, 4.69) is 11.4 Å². The molecule has 0 bridgehead atoms. The van der Waals surface area contributed by atoms with E-state index in [9.17, 15) is 4.39 Å². The van der Waals surface area contributed by atoms with Crippen LogP contribution in [0.15, 0.2) is 41.1 Å². The van der Waals surface area contributed by atoms with Crippen molar-refractivity contribution in [1.82, 2.24) is 0 Å². The molecule has 0 radical (unpaired) electrons. The molecule has 1 atom stereocenters. The number of thiophene rings is 1. The van der Waals surface area contributed by atoms with Gasteiger partial charge in [-0.2, -0.15) is 11.3 Å². The lowest BCUT2D eigenvalue weighted by Gasteiger charge is -2.24. The zero-order valence-corrected chi connectivity index (χ0v) is 10.6. The highest BCUT2D eigenvalue weighted by atomic mass is 32.1. The van der Waals surface area contributed by atoms with E-state index in [1.165, 1.54) is 11.6 Å². The Bertz CT molecular complexity index is 477. The summed E-state index contributed by atoms with van der Waals surface area (Å²) in [6, 6.07) is 8.74. The maximum absolute atomic E-state index is 13.1. The molecule has 2 rings (SSSR count). The van der Waals surface area contributed by atoms with Crippen molar-refractivity contribution in [3.05, 3.63) is 58.0 Å². The molecule has 1 aromatic heterocycles. The molecule has 2 aromatic rings. The Balaban J connectivity index is 2.06. The summed E-state index contributed by atoms with van der Waals surface area (Å²) in [7, 11) is 0. The van der Waals surface area contributed by atoms with Crippen LogP contribution in [0.4, 0.5) is 4.39 Å². The second-order valence-corrected chi connectivity index (χ2v) is 5.55. The molecule has 2 N–H and O–H groups in total. The minimum absolute atomic E-state index is 0.200. The van der Waals surface area contributed by atoms with Crippen LogP contribution in [0.2, 0.25) is 0 Å². The first-order valence-corrected chi connectivity index (χ1v) is 6.54. The molecular weight excluding hydrogens is 233 g/mol. The molecule has 1 heterocycles. The van der Waals surface area contributed by atoms with Gasteiger partial charge in [-0.1, -0.05) is 12.1 Å². The molecule has 0 fully saturated rings. The zero-order valence-electron chi connectivity index (χ0n) is 9.82. The monoisotopic (exact) mass is 249 g/mol. The van der Waals surface area contributed by atoms with E-state index < -0.39 is 0 Å².